The van der Waals surface area contributed by atoms with Crippen LogP contribution in [0.15, 0.2) is 42.5 Å². The number of hydrogen-bond acceptors (Lipinski definition) is 2. The molecule has 1 unspecified atom stereocenters. The van der Waals surface area contributed by atoms with E-state index in [0.717, 1.165) is 16.7 Å². The number of carbonyl (C=O) groups is 1. The number of fused-ring (bicyclic) bond motifs is 1. The third-order valence-electron chi connectivity index (χ3n) is 4.12. The zero-order valence-corrected chi connectivity index (χ0v) is 15.6. The quantitative estimate of drug-likeness (QED) is 0.802. The van der Waals surface area contributed by atoms with Crippen molar-refractivity contribution in [3.63, 3.8) is 0 Å². The van der Waals surface area contributed by atoms with Gasteiger partial charge in [-0.3, -0.25) is 4.79 Å². The van der Waals surface area contributed by atoms with E-state index in [1.165, 1.54) is 12.1 Å². The molecule has 0 aliphatic carbocycles. The number of halogens is 1. The first-order valence-electron chi connectivity index (χ1n) is 7.29. The van der Waals surface area contributed by atoms with Crippen molar-refractivity contribution in [1.82, 2.24) is 0 Å². The van der Waals surface area contributed by atoms with Crippen molar-refractivity contribution in [1.29, 1.82) is 0 Å². The minimum Gasteiger partial charge on any atom is -0.375 e. The van der Waals surface area contributed by atoms with Crippen LogP contribution in [0.25, 0.3) is 0 Å². The number of rotatable bonds is 5. The summed E-state index contributed by atoms with van der Waals surface area (Å²) in [6.45, 7) is 0.487. The van der Waals surface area contributed by atoms with Crippen molar-refractivity contribution in [2.24, 2.45) is 5.73 Å². The van der Waals surface area contributed by atoms with Gasteiger partial charge in [0.15, 0.2) is 0 Å². The van der Waals surface area contributed by atoms with Gasteiger partial charge in [-0.05, 0) is 30.5 Å². The van der Waals surface area contributed by atoms with E-state index in [0.29, 0.717) is 25.9 Å². The molecule has 23 heavy (non-hydrogen) atoms. The van der Waals surface area contributed by atoms with Gasteiger partial charge in [-0.15, -0.1) is 11.1 Å². The smallest absolute Gasteiger partial charge is 0.217 e. The molecule has 1 atom stereocenters. The second-order valence-electron chi connectivity index (χ2n) is 5.53. The zero-order chi connectivity index (χ0) is 15.6. The fourth-order valence-electron chi connectivity index (χ4n) is 3.08. The van der Waals surface area contributed by atoms with E-state index in [1.807, 2.05) is 18.2 Å². The molecule has 2 N–H and O–H groups in total. The minimum absolute atomic E-state index is 0. The van der Waals surface area contributed by atoms with Gasteiger partial charge in [0.1, 0.15) is 5.82 Å². The van der Waals surface area contributed by atoms with E-state index < -0.39 is 5.60 Å². The van der Waals surface area contributed by atoms with Crippen LogP contribution in [0, 0.1) is 11.9 Å². The summed E-state index contributed by atoms with van der Waals surface area (Å²) in [5, 5.41) is 0. The molecule has 2 aromatic carbocycles. The molecule has 2 aromatic rings. The maximum absolute atomic E-state index is 13.2. The van der Waals surface area contributed by atoms with Crippen LogP contribution in [-0.2, 0) is 54.4 Å². The molecule has 1 radical (unpaired) electrons. The van der Waals surface area contributed by atoms with E-state index in [4.69, 9.17) is 10.5 Å². The van der Waals surface area contributed by atoms with Crippen LogP contribution in [0.5, 0.6) is 0 Å². The molecule has 0 bridgehead atoms. The van der Waals surface area contributed by atoms with Crippen molar-refractivity contribution in [2.75, 3.05) is 0 Å². The Kier molecular flexibility index (Phi) is 6.07. The number of ether oxygens (including phenoxy) is 1. The number of benzene rings is 2. The fraction of sp³-hybridized carbons (Fsp3) is 0.278. The largest absolute Gasteiger partial charge is 0.375 e. The first-order chi connectivity index (χ1) is 10.6. The summed E-state index contributed by atoms with van der Waals surface area (Å²) in [4.78, 5) is 11.0. The van der Waals surface area contributed by atoms with E-state index in [1.54, 1.807) is 12.1 Å². The molecule has 117 valence electrons. The molecule has 1 aliphatic heterocycles. The Hall–Kier alpha value is -1.10. The maximum atomic E-state index is 13.2. The van der Waals surface area contributed by atoms with Crippen molar-refractivity contribution in [2.45, 2.75) is 31.5 Å². The van der Waals surface area contributed by atoms with Crippen LogP contribution in [0.2, 0.25) is 0 Å². The Morgan fingerprint density at radius 1 is 1.30 bits per heavy atom. The minimum atomic E-state index is -0.645. The van der Waals surface area contributed by atoms with E-state index in [9.17, 15) is 9.18 Å². The summed E-state index contributed by atoms with van der Waals surface area (Å²) < 4.78 is 19.4. The first-order valence-corrected chi connectivity index (χ1v) is 7.29. The average Bonchev–Trinajstić information content (AvgIpc) is 2.88. The molecule has 1 amide bonds. The molecule has 3 rings (SSSR count). The summed E-state index contributed by atoms with van der Waals surface area (Å²) in [6, 6.07) is 15.1. The van der Waals surface area contributed by atoms with Gasteiger partial charge in [0, 0.05) is 45.7 Å². The predicted octanol–water partition coefficient (Wildman–Crippen LogP) is 3.05. The van der Waals surface area contributed by atoms with Crippen molar-refractivity contribution in [3.8, 4) is 0 Å². The zero-order valence-electron chi connectivity index (χ0n) is 12.7. The molecule has 1 heterocycles. The summed E-state index contributed by atoms with van der Waals surface area (Å²) in [5.41, 5.74) is 7.62. The number of amides is 1. The molecular weight excluding hydrogens is 370 g/mol. The normalized spacial score (nSPS) is 19.0. The Bertz CT molecular complexity index is 690. The van der Waals surface area contributed by atoms with Crippen molar-refractivity contribution < 1.29 is 46.6 Å². The Morgan fingerprint density at radius 3 is 2.74 bits per heavy atom. The molecule has 0 saturated heterocycles. The van der Waals surface area contributed by atoms with Gasteiger partial charge in [0.05, 0.1) is 5.60 Å². The topological polar surface area (TPSA) is 52.3 Å². The number of hydrogen-bond donors (Lipinski definition) is 1. The Morgan fingerprint density at radius 2 is 2.04 bits per heavy atom. The van der Waals surface area contributed by atoms with E-state index in [2.05, 4.69) is 6.07 Å². The number of nitrogens with two attached hydrogens (primary N) is 1. The summed E-state index contributed by atoms with van der Waals surface area (Å²) in [7, 11) is 0. The summed E-state index contributed by atoms with van der Waals surface area (Å²) in [5.74, 6) is -0.607. The molecule has 3 nitrogen and oxygen atoms in total. The molecule has 0 saturated carbocycles. The van der Waals surface area contributed by atoms with Crippen LogP contribution < -0.4 is 5.73 Å². The Balaban J connectivity index is 0.00000192. The summed E-state index contributed by atoms with van der Waals surface area (Å²) in [6.07, 6.45) is 1.55. The van der Waals surface area contributed by atoms with Crippen LogP contribution in [-0.4, -0.2) is 5.91 Å². The van der Waals surface area contributed by atoms with E-state index in [-0.39, 0.29) is 44.4 Å². The number of primary amides is 1. The predicted molar refractivity (Wildman–Crippen MR) is 80.3 cm³/mol. The molecular formula is C18H17FNO2Y-. The molecule has 0 spiro atoms. The fourth-order valence-corrected chi connectivity index (χ4v) is 3.08. The monoisotopic (exact) mass is 387 g/mol. The van der Waals surface area contributed by atoms with Crippen LogP contribution in [0.1, 0.15) is 36.0 Å². The summed E-state index contributed by atoms with van der Waals surface area (Å²) >= 11 is 0. The second kappa shape index (κ2) is 7.65. The first kappa shape index (κ1) is 18.2. The van der Waals surface area contributed by atoms with Crippen LogP contribution in [0.3, 0.4) is 0 Å². The molecule has 0 aromatic heterocycles. The van der Waals surface area contributed by atoms with Gasteiger partial charge in [-0.1, -0.05) is 12.1 Å². The Labute approximate surface area is 160 Å². The van der Waals surface area contributed by atoms with Gasteiger partial charge in [0.2, 0.25) is 5.91 Å². The van der Waals surface area contributed by atoms with Gasteiger partial charge >= 0.3 is 0 Å². The van der Waals surface area contributed by atoms with Crippen LogP contribution in [0.4, 0.5) is 4.39 Å². The van der Waals surface area contributed by atoms with E-state index >= 15 is 0 Å². The third-order valence-corrected chi connectivity index (χ3v) is 4.12. The van der Waals surface area contributed by atoms with Gasteiger partial charge in [0.25, 0.3) is 0 Å². The SMILES string of the molecule is NC(=O)CCCC1(c2ccc(F)cc2)OCc2c[c-]ccc21.[Y]. The average molecular weight is 387 g/mol. The molecule has 1 aliphatic rings. The maximum Gasteiger partial charge on any atom is 0.217 e. The van der Waals surface area contributed by atoms with Gasteiger partial charge < -0.3 is 10.5 Å². The third kappa shape index (κ3) is 3.70. The molecule has 0 fully saturated rings. The van der Waals surface area contributed by atoms with Gasteiger partial charge in [-0.2, -0.15) is 24.3 Å². The second-order valence-corrected chi connectivity index (χ2v) is 5.53. The van der Waals surface area contributed by atoms with Crippen molar-refractivity contribution >= 4 is 5.91 Å². The van der Waals surface area contributed by atoms with Crippen LogP contribution >= 0.6 is 0 Å². The standard InChI is InChI=1S/C18H17FNO2.Y/c19-15-9-7-14(8-10-15)18(11-3-6-17(20)21)16-5-2-1-4-13(16)12-22-18;/h2,4-5,7-10H,3,6,11-12H2,(H2,20,21);/q-1;. The number of carbonyl (C=O) groups excluding carboxylic acids is 1. The van der Waals surface area contributed by atoms with Gasteiger partial charge in [-0.25, -0.2) is 4.39 Å². The molecule has 5 heteroatoms. The van der Waals surface area contributed by atoms with Crippen molar-refractivity contribution in [3.05, 3.63) is 71.0 Å².